The number of likely N-dealkylation sites (tertiary alicyclic amines) is 1. The molecule has 3 fully saturated rings. The van der Waals surface area contributed by atoms with Gasteiger partial charge < -0.3 is 19.5 Å². The van der Waals surface area contributed by atoms with Crippen LogP contribution in [-0.4, -0.2) is 50.7 Å². The smallest absolute Gasteiger partial charge is 0.223 e. The zero-order chi connectivity index (χ0) is 16.9. The number of carbonyl (C=O) groups is 1. The summed E-state index contributed by atoms with van der Waals surface area (Å²) < 4.78 is 7.95. The summed E-state index contributed by atoms with van der Waals surface area (Å²) >= 11 is 0. The largest absolute Gasteiger partial charge is 0.374 e. The summed E-state index contributed by atoms with van der Waals surface area (Å²) in [6.45, 7) is 5.03. The van der Waals surface area contributed by atoms with Crippen LogP contribution < -0.4 is 5.32 Å². The summed E-state index contributed by atoms with van der Waals surface area (Å²) in [6.07, 6.45) is 8.56. The first-order valence-electron chi connectivity index (χ1n) is 9.13. The van der Waals surface area contributed by atoms with E-state index in [1.54, 1.807) is 0 Å². The van der Waals surface area contributed by atoms with Gasteiger partial charge in [0.05, 0.1) is 12.2 Å². The Bertz CT molecular complexity index is 622. The number of rotatable bonds is 4. The first kappa shape index (κ1) is 16.1. The fraction of sp³-hybridized carbons (Fsp3) is 0.778. The van der Waals surface area contributed by atoms with E-state index in [9.17, 15) is 4.79 Å². The summed E-state index contributed by atoms with van der Waals surface area (Å²) in [6, 6.07) is 1.02. The van der Waals surface area contributed by atoms with Crippen molar-refractivity contribution in [1.29, 1.82) is 0 Å². The molecule has 1 aromatic rings. The number of piperidine rings is 1. The third-order valence-corrected chi connectivity index (χ3v) is 5.56. The van der Waals surface area contributed by atoms with E-state index in [2.05, 4.69) is 33.6 Å². The van der Waals surface area contributed by atoms with Crippen LogP contribution in [0.1, 0.15) is 57.8 Å². The molecule has 1 amide bonds. The van der Waals surface area contributed by atoms with E-state index < -0.39 is 0 Å². The lowest BCUT2D eigenvalue weighted by atomic mass is 9.92. The minimum Gasteiger partial charge on any atom is -0.374 e. The molecule has 3 heterocycles. The van der Waals surface area contributed by atoms with E-state index >= 15 is 0 Å². The van der Waals surface area contributed by atoms with Crippen LogP contribution in [0.4, 0.5) is 0 Å². The molecule has 0 bridgehead atoms. The number of nitrogens with zero attached hydrogens (tertiary/aromatic N) is 3. The van der Waals surface area contributed by atoms with E-state index in [0.717, 1.165) is 38.1 Å². The number of imidazole rings is 1. The Kier molecular flexibility index (Phi) is 3.92. The van der Waals surface area contributed by atoms with Crippen molar-refractivity contribution in [3.63, 3.8) is 0 Å². The van der Waals surface area contributed by atoms with Crippen LogP contribution in [-0.2, 0) is 16.6 Å². The predicted octanol–water partition coefficient (Wildman–Crippen LogP) is 1.77. The lowest BCUT2D eigenvalue weighted by Crippen LogP contribution is -2.54. The van der Waals surface area contributed by atoms with E-state index in [0.29, 0.717) is 18.5 Å². The van der Waals surface area contributed by atoms with Gasteiger partial charge in [0.1, 0.15) is 11.9 Å². The Morgan fingerprint density at radius 2 is 2.12 bits per heavy atom. The minimum absolute atomic E-state index is 0.0301. The molecule has 1 N–H and O–H groups in total. The molecule has 6 heteroatoms. The zero-order valence-corrected chi connectivity index (χ0v) is 14.9. The first-order chi connectivity index (χ1) is 11.4. The Balaban J connectivity index is 1.59. The summed E-state index contributed by atoms with van der Waals surface area (Å²) in [4.78, 5) is 19.3. The zero-order valence-electron chi connectivity index (χ0n) is 14.9. The van der Waals surface area contributed by atoms with Crippen molar-refractivity contribution < 1.29 is 9.53 Å². The molecule has 0 aromatic carbocycles. The molecular weight excluding hydrogens is 304 g/mol. The third-order valence-electron chi connectivity index (χ3n) is 5.56. The number of carbonyl (C=O) groups excluding carboxylic acids is 1. The first-order valence-corrected chi connectivity index (χ1v) is 9.13. The van der Waals surface area contributed by atoms with Gasteiger partial charge in [-0.2, -0.15) is 0 Å². The van der Waals surface area contributed by atoms with Crippen molar-refractivity contribution in [2.45, 2.75) is 75.7 Å². The van der Waals surface area contributed by atoms with Crippen molar-refractivity contribution in [3.8, 4) is 0 Å². The Morgan fingerprint density at radius 1 is 1.33 bits per heavy atom. The molecule has 0 radical (unpaired) electrons. The Morgan fingerprint density at radius 3 is 2.71 bits per heavy atom. The molecule has 2 aliphatic heterocycles. The van der Waals surface area contributed by atoms with E-state index in [4.69, 9.17) is 4.74 Å². The summed E-state index contributed by atoms with van der Waals surface area (Å²) in [5.74, 6) is 1.28. The van der Waals surface area contributed by atoms with E-state index in [-0.39, 0.29) is 23.6 Å². The molecule has 3 aliphatic rings. The third kappa shape index (κ3) is 2.97. The molecule has 1 aliphatic carbocycles. The standard InChI is InChI=1S/C18H28N4O2/c1-18(2)10-12(11-24-18)20-14-6-7-15(23)22(13-4-5-13)16(14)17-19-8-9-21(17)3/h8-9,12-14,16,20H,4-7,10-11H2,1-3H3/t12?,14-,16-/m1/s1. The van der Waals surface area contributed by atoms with Crippen LogP contribution >= 0.6 is 0 Å². The lowest BCUT2D eigenvalue weighted by molar-refractivity contribution is -0.139. The normalized spacial score (nSPS) is 33.2. The average molecular weight is 332 g/mol. The van der Waals surface area contributed by atoms with E-state index in [1.807, 2.05) is 19.4 Å². The van der Waals surface area contributed by atoms with Gasteiger partial charge >= 0.3 is 0 Å². The number of aromatic nitrogens is 2. The van der Waals surface area contributed by atoms with E-state index in [1.165, 1.54) is 0 Å². The van der Waals surface area contributed by atoms with Crippen molar-refractivity contribution in [2.24, 2.45) is 7.05 Å². The second-order valence-corrected chi connectivity index (χ2v) is 8.16. The van der Waals surface area contributed by atoms with Gasteiger partial charge in [-0.05, 0) is 39.5 Å². The van der Waals surface area contributed by atoms with Gasteiger partial charge in [-0.15, -0.1) is 0 Å². The molecule has 0 spiro atoms. The topological polar surface area (TPSA) is 59.4 Å². The molecule has 24 heavy (non-hydrogen) atoms. The molecular formula is C18H28N4O2. The average Bonchev–Trinajstić information content (AvgIpc) is 3.18. The number of hydrogen-bond acceptors (Lipinski definition) is 4. The highest BCUT2D eigenvalue weighted by Crippen LogP contribution is 2.40. The van der Waals surface area contributed by atoms with Crippen LogP contribution in [0.5, 0.6) is 0 Å². The summed E-state index contributed by atoms with van der Waals surface area (Å²) in [5, 5.41) is 3.80. The second kappa shape index (κ2) is 5.85. The summed E-state index contributed by atoms with van der Waals surface area (Å²) in [5.41, 5.74) is -0.0585. The molecule has 1 saturated carbocycles. The highest BCUT2D eigenvalue weighted by atomic mass is 16.5. The fourth-order valence-electron chi connectivity index (χ4n) is 4.29. The van der Waals surface area contributed by atoms with Gasteiger partial charge in [0, 0.05) is 44.0 Å². The number of amides is 1. The molecule has 4 rings (SSSR count). The van der Waals surface area contributed by atoms with Gasteiger partial charge in [-0.25, -0.2) is 4.98 Å². The van der Waals surface area contributed by atoms with Gasteiger partial charge in [0.15, 0.2) is 0 Å². The Labute approximate surface area is 143 Å². The van der Waals surface area contributed by atoms with Crippen LogP contribution in [0.25, 0.3) is 0 Å². The molecule has 2 saturated heterocycles. The van der Waals surface area contributed by atoms with Crippen molar-refractivity contribution >= 4 is 5.91 Å². The van der Waals surface area contributed by atoms with Gasteiger partial charge in [-0.3, -0.25) is 4.79 Å². The second-order valence-electron chi connectivity index (χ2n) is 8.16. The summed E-state index contributed by atoms with van der Waals surface area (Å²) in [7, 11) is 2.02. The van der Waals surface area contributed by atoms with Crippen LogP contribution in [0.2, 0.25) is 0 Å². The highest BCUT2D eigenvalue weighted by molar-refractivity contribution is 5.78. The van der Waals surface area contributed by atoms with Gasteiger partial charge in [-0.1, -0.05) is 0 Å². The maximum Gasteiger partial charge on any atom is 0.223 e. The maximum absolute atomic E-state index is 12.6. The quantitative estimate of drug-likeness (QED) is 0.913. The number of ether oxygens (including phenoxy) is 1. The molecule has 1 unspecified atom stereocenters. The number of nitrogens with one attached hydrogen (secondary N) is 1. The predicted molar refractivity (Wildman–Crippen MR) is 90.4 cm³/mol. The number of aryl methyl sites for hydroxylation is 1. The van der Waals surface area contributed by atoms with Gasteiger partial charge in [0.2, 0.25) is 5.91 Å². The van der Waals surface area contributed by atoms with Crippen LogP contribution in [0.15, 0.2) is 12.4 Å². The molecule has 1 aromatic heterocycles. The molecule has 6 nitrogen and oxygen atoms in total. The molecule has 3 atom stereocenters. The number of hydrogen-bond donors (Lipinski definition) is 1. The highest BCUT2D eigenvalue weighted by Gasteiger charge is 2.46. The van der Waals surface area contributed by atoms with Crippen LogP contribution in [0.3, 0.4) is 0 Å². The minimum atomic E-state index is -0.0585. The van der Waals surface area contributed by atoms with Crippen molar-refractivity contribution in [3.05, 3.63) is 18.2 Å². The SMILES string of the molecule is Cn1ccnc1[C@H]1[C@H](NC2COC(C)(C)C2)CCC(=O)N1C1CC1. The Hall–Kier alpha value is -1.40. The van der Waals surface area contributed by atoms with Gasteiger partial charge in [0.25, 0.3) is 0 Å². The fourth-order valence-corrected chi connectivity index (χ4v) is 4.29. The molecule has 132 valence electrons. The van der Waals surface area contributed by atoms with Crippen LogP contribution in [0, 0.1) is 0 Å². The lowest BCUT2D eigenvalue weighted by Gasteiger charge is -2.42. The maximum atomic E-state index is 12.6. The van der Waals surface area contributed by atoms with Crippen molar-refractivity contribution in [1.82, 2.24) is 19.8 Å². The van der Waals surface area contributed by atoms with Crippen molar-refractivity contribution in [2.75, 3.05) is 6.61 Å². The monoisotopic (exact) mass is 332 g/mol.